The minimum absolute atomic E-state index is 0.0160. The minimum atomic E-state index is -0.493. The molecule has 4 atom stereocenters. The summed E-state index contributed by atoms with van der Waals surface area (Å²) in [6.45, 7) is 8.85. The van der Waals surface area contributed by atoms with Gasteiger partial charge in [-0.1, -0.05) is 0 Å². The Bertz CT molecular complexity index is 284. The number of hydrogen-bond acceptors (Lipinski definition) is 5. The second-order valence-electron chi connectivity index (χ2n) is 5.80. The molecule has 0 radical (unpaired) electrons. The third kappa shape index (κ3) is 2.35. The Morgan fingerprint density at radius 1 is 0.765 bits per heavy atom. The van der Waals surface area contributed by atoms with Crippen LogP contribution in [-0.4, -0.2) is 49.2 Å². The van der Waals surface area contributed by atoms with E-state index in [9.17, 15) is 0 Å². The van der Waals surface area contributed by atoms with Gasteiger partial charge in [0.1, 0.15) is 24.4 Å². The summed E-state index contributed by atoms with van der Waals surface area (Å²) in [5, 5.41) is 0. The van der Waals surface area contributed by atoms with Gasteiger partial charge in [0, 0.05) is 0 Å². The summed E-state index contributed by atoms with van der Waals surface area (Å²) < 4.78 is 28.3. The van der Waals surface area contributed by atoms with Gasteiger partial charge in [-0.2, -0.15) is 0 Å². The summed E-state index contributed by atoms with van der Waals surface area (Å²) in [4.78, 5) is 0. The summed E-state index contributed by atoms with van der Waals surface area (Å²) >= 11 is 0. The van der Waals surface area contributed by atoms with Crippen molar-refractivity contribution in [3.8, 4) is 0 Å². The summed E-state index contributed by atoms with van der Waals surface area (Å²) in [5.41, 5.74) is 0. The van der Waals surface area contributed by atoms with E-state index in [0.29, 0.717) is 13.2 Å². The van der Waals surface area contributed by atoms with Crippen LogP contribution in [0.3, 0.4) is 0 Å². The quantitative estimate of drug-likeness (QED) is 0.680. The fourth-order valence-electron chi connectivity index (χ4n) is 2.49. The fourth-order valence-corrected chi connectivity index (χ4v) is 2.49. The molecule has 3 aliphatic heterocycles. The van der Waals surface area contributed by atoms with Crippen molar-refractivity contribution in [3.05, 3.63) is 0 Å². The standard InChI is InChI=1S/C12H20O5/c1-11(2)13-5-7(16-11)9-10(15-9)8-6-14-12(3,4)17-8/h7-10H,5-6H2,1-4H3. The first-order chi connectivity index (χ1) is 7.86. The predicted octanol–water partition coefficient (Wildman–Crippen LogP) is 1.06. The average molecular weight is 244 g/mol. The SMILES string of the molecule is CC1(C)OCC(C2OC2C2COC(C)(C)O2)O1. The van der Waals surface area contributed by atoms with Crippen molar-refractivity contribution in [2.45, 2.75) is 63.7 Å². The molecule has 0 aromatic rings. The molecule has 98 valence electrons. The Balaban J connectivity index is 1.54. The molecular formula is C12H20O5. The van der Waals surface area contributed by atoms with E-state index in [0.717, 1.165) is 0 Å². The molecule has 0 aromatic heterocycles. The van der Waals surface area contributed by atoms with Crippen LogP contribution in [-0.2, 0) is 23.7 Å². The van der Waals surface area contributed by atoms with Gasteiger partial charge in [0.2, 0.25) is 0 Å². The van der Waals surface area contributed by atoms with Gasteiger partial charge in [0.25, 0.3) is 0 Å². The second-order valence-corrected chi connectivity index (χ2v) is 5.80. The Labute approximate surface area is 101 Å². The van der Waals surface area contributed by atoms with Crippen molar-refractivity contribution in [2.24, 2.45) is 0 Å². The van der Waals surface area contributed by atoms with Crippen molar-refractivity contribution >= 4 is 0 Å². The van der Waals surface area contributed by atoms with Crippen LogP contribution in [0.2, 0.25) is 0 Å². The lowest BCUT2D eigenvalue weighted by Crippen LogP contribution is -2.30. The molecule has 3 rings (SSSR count). The lowest BCUT2D eigenvalue weighted by Gasteiger charge is -2.17. The molecule has 5 nitrogen and oxygen atoms in total. The maximum atomic E-state index is 5.77. The average Bonchev–Trinajstić information content (AvgIpc) is 2.81. The van der Waals surface area contributed by atoms with Crippen LogP contribution in [0.5, 0.6) is 0 Å². The van der Waals surface area contributed by atoms with Gasteiger partial charge >= 0.3 is 0 Å². The Morgan fingerprint density at radius 3 is 1.47 bits per heavy atom. The first kappa shape index (κ1) is 11.9. The summed E-state index contributed by atoms with van der Waals surface area (Å²) in [5.74, 6) is -0.985. The Morgan fingerprint density at radius 2 is 1.18 bits per heavy atom. The van der Waals surface area contributed by atoms with E-state index in [4.69, 9.17) is 23.7 Å². The highest BCUT2D eigenvalue weighted by Gasteiger charge is 2.56. The summed E-state index contributed by atoms with van der Waals surface area (Å²) in [6, 6.07) is 0. The first-order valence-corrected chi connectivity index (χ1v) is 6.15. The van der Waals surface area contributed by atoms with Crippen LogP contribution in [0, 0.1) is 0 Å². The van der Waals surface area contributed by atoms with Gasteiger partial charge in [0.15, 0.2) is 11.6 Å². The third-order valence-corrected chi connectivity index (χ3v) is 3.36. The fraction of sp³-hybridized carbons (Fsp3) is 1.00. The van der Waals surface area contributed by atoms with Gasteiger partial charge in [-0.3, -0.25) is 0 Å². The van der Waals surface area contributed by atoms with Gasteiger partial charge < -0.3 is 23.7 Å². The zero-order chi connectivity index (χ0) is 12.3. The molecule has 3 fully saturated rings. The maximum absolute atomic E-state index is 5.77. The van der Waals surface area contributed by atoms with Crippen LogP contribution in [0.4, 0.5) is 0 Å². The molecule has 5 heteroatoms. The summed E-state index contributed by atoms with van der Waals surface area (Å²) in [6.07, 6.45) is 0.197. The Kier molecular flexibility index (Phi) is 2.55. The van der Waals surface area contributed by atoms with E-state index < -0.39 is 11.6 Å². The van der Waals surface area contributed by atoms with Crippen molar-refractivity contribution in [1.82, 2.24) is 0 Å². The van der Waals surface area contributed by atoms with Crippen LogP contribution in [0.15, 0.2) is 0 Å². The van der Waals surface area contributed by atoms with Crippen molar-refractivity contribution < 1.29 is 23.7 Å². The van der Waals surface area contributed by atoms with E-state index in [-0.39, 0.29) is 24.4 Å². The highest BCUT2D eigenvalue weighted by molar-refractivity contribution is 5.00. The number of rotatable bonds is 2. The minimum Gasteiger partial charge on any atom is -0.364 e. The normalized spacial score (nSPS) is 47.3. The van der Waals surface area contributed by atoms with E-state index in [1.165, 1.54) is 0 Å². The molecule has 0 N–H and O–H groups in total. The number of ether oxygens (including phenoxy) is 5. The molecule has 0 aliphatic carbocycles. The molecule has 0 spiro atoms. The molecule has 4 unspecified atom stereocenters. The molecule has 3 heterocycles. The molecule has 0 aromatic carbocycles. The number of epoxide rings is 1. The molecular weight excluding hydrogens is 224 g/mol. The van der Waals surface area contributed by atoms with E-state index in [1.54, 1.807) is 0 Å². The van der Waals surface area contributed by atoms with Crippen molar-refractivity contribution in [1.29, 1.82) is 0 Å². The van der Waals surface area contributed by atoms with Gasteiger partial charge in [-0.25, -0.2) is 0 Å². The predicted molar refractivity (Wildman–Crippen MR) is 58.5 cm³/mol. The molecule has 0 bridgehead atoms. The van der Waals surface area contributed by atoms with Gasteiger partial charge in [0.05, 0.1) is 13.2 Å². The van der Waals surface area contributed by atoms with Gasteiger partial charge in [-0.15, -0.1) is 0 Å². The lowest BCUT2D eigenvalue weighted by molar-refractivity contribution is -0.142. The largest absolute Gasteiger partial charge is 0.364 e. The molecule has 3 aliphatic rings. The van der Waals surface area contributed by atoms with Crippen LogP contribution < -0.4 is 0 Å². The smallest absolute Gasteiger partial charge is 0.163 e. The number of hydrogen-bond donors (Lipinski definition) is 0. The second kappa shape index (κ2) is 3.65. The van der Waals surface area contributed by atoms with Crippen LogP contribution in [0.1, 0.15) is 27.7 Å². The zero-order valence-electron chi connectivity index (χ0n) is 10.8. The topological polar surface area (TPSA) is 49.5 Å². The molecule has 3 saturated heterocycles. The highest BCUT2D eigenvalue weighted by Crippen LogP contribution is 2.40. The molecule has 17 heavy (non-hydrogen) atoms. The van der Waals surface area contributed by atoms with E-state index in [2.05, 4.69) is 0 Å². The van der Waals surface area contributed by atoms with Gasteiger partial charge in [-0.05, 0) is 27.7 Å². The maximum Gasteiger partial charge on any atom is 0.163 e. The van der Waals surface area contributed by atoms with Crippen molar-refractivity contribution in [2.75, 3.05) is 13.2 Å². The lowest BCUT2D eigenvalue weighted by atomic mass is 10.1. The third-order valence-electron chi connectivity index (χ3n) is 3.36. The first-order valence-electron chi connectivity index (χ1n) is 6.15. The van der Waals surface area contributed by atoms with E-state index >= 15 is 0 Å². The Hall–Kier alpha value is -0.200. The highest BCUT2D eigenvalue weighted by atomic mass is 16.8. The summed E-state index contributed by atoms with van der Waals surface area (Å²) in [7, 11) is 0. The van der Waals surface area contributed by atoms with Crippen LogP contribution >= 0.6 is 0 Å². The van der Waals surface area contributed by atoms with Crippen molar-refractivity contribution in [3.63, 3.8) is 0 Å². The zero-order valence-corrected chi connectivity index (χ0v) is 10.8. The monoisotopic (exact) mass is 244 g/mol. The van der Waals surface area contributed by atoms with E-state index in [1.807, 2.05) is 27.7 Å². The molecule has 0 amide bonds. The molecule has 0 saturated carbocycles. The van der Waals surface area contributed by atoms with Crippen LogP contribution in [0.25, 0.3) is 0 Å².